The van der Waals surface area contributed by atoms with Crippen molar-refractivity contribution in [2.75, 3.05) is 138 Å². The highest BCUT2D eigenvalue weighted by Gasteiger charge is 2.31. The number of amides is 4. The van der Waals surface area contributed by atoms with Gasteiger partial charge in [0.05, 0.1) is 61.9 Å². The van der Waals surface area contributed by atoms with Crippen LogP contribution in [0.5, 0.6) is 0 Å². The second-order valence-electron chi connectivity index (χ2n) is 21.5. The molecule has 0 unspecified atom stereocenters. The Morgan fingerprint density at radius 2 is 1.45 bits per heavy atom. The fraction of sp³-hybridized carbons (Fsp3) is 0.517. The van der Waals surface area contributed by atoms with Gasteiger partial charge in [-0.1, -0.05) is 36.4 Å². The number of carbonyl (C=O) groups excluding carboxylic acids is 4. The van der Waals surface area contributed by atoms with Crippen LogP contribution in [0.3, 0.4) is 0 Å². The van der Waals surface area contributed by atoms with Crippen LogP contribution < -0.4 is 10.9 Å². The Hall–Kier alpha value is -6.55. The molecule has 4 saturated heterocycles. The van der Waals surface area contributed by atoms with E-state index in [-0.39, 0.29) is 34.8 Å². The molecule has 1 atom stereocenters. The van der Waals surface area contributed by atoms with Gasteiger partial charge in [0.25, 0.3) is 17.4 Å². The second-order valence-corrected chi connectivity index (χ2v) is 21.5. The number of nitrogens with zero attached hydrogens (tertiary/aromatic N) is 10. The van der Waals surface area contributed by atoms with Gasteiger partial charge in [-0.25, -0.2) is 19.5 Å². The molecule has 0 bridgehead atoms. The van der Waals surface area contributed by atoms with Crippen molar-refractivity contribution in [3.63, 3.8) is 0 Å². The number of rotatable bonds is 20. The molecule has 2 aromatic heterocycles. The lowest BCUT2D eigenvalue weighted by atomic mass is 9.89. The molecule has 0 aliphatic carbocycles. The van der Waals surface area contributed by atoms with Gasteiger partial charge in [0.2, 0.25) is 11.8 Å². The molecule has 7 heterocycles. The maximum absolute atomic E-state index is 15.1. The number of benzene rings is 3. The summed E-state index contributed by atoms with van der Waals surface area (Å²) in [5.74, 6) is -0.110. The molecular formula is C58H73FN12O7. The Bertz CT molecular complexity index is 2910. The molecule has 4 amide bonds. The number of hydrogen-bond acceptors (Lipinski definition) is 14. The van der Waals surface area contributed by atoms with Crippen molar-refractivity contribution >= 4 is 34.4 Å². The van der Waals surface area contributed by atoms with Gasteiger partial charge in [-0.2, -0.15) is 5.10 Å². The number of piperazine rings is 2. The summed E-state index contributed by atoms with van der Waals surface area (Å²) < 4.78 is 26.7. The van der Waals surface area contributed by atoms with Crippen LogP contribution in [0.25, 0.3) is 10.8 Å². The first kappa shape index (κ1) is 54.8. The average Bonchev–Trinajstić information content (AvgIpc) is 3.93. The van der Waals surface area contributed by atoms with Crippen LogP contribution in [0.15, 0.2) is 84.0 Å². The minimum absolute atomic E-state index is 0.0116. The summed E-state index contributed by atoms with van der Waals surface area (Å²) in [6.07, 6.45) is 7.93. The van der Waals surface area contributed by atoms with E-state index in [4.69, 9.17) is 9.47 Å². The molecule has 414 valence electrons. The number of halogens is 1. The third-order valence-corrected chi connectivity index (χ3v) is 16.2. The van der Waals surface area contributed by atoms with Gasteiger partial charge in [0, 0.05) is 133 Å². The molecule has 5 aromatic rings. The van der Waals surface area contributed by atoms with Crippen molar-refractivity contribution in [1.29, 1.82) is 0 Å². The number of likely N-dealkylation sites (tertiary alicyclic amines) is 2. The van der Waals surface area contributed by atoms with Crippen LogP contribution in [-0.4, -0.2) is 216 Å². The van der Waals surface area contributed by atoms with Crippen molar-refractivity contribution < 1.29 is 33.0 Å². The predicted molar refractivity (Wildman–Crippen MR) is 291 cm³/mol. The van der Waals surface area contributed by atoms with Crippen molar-refractivity contribution in [3.8, 4) is 0 Å². The zero-order valence-electron chi connectivity index (χ0n) is 44.7. The first-order chi connectivity index (χ1) is 38.1. The van der Waals surface area contributed by atoms with E-state index in [0.29, 0.717) is 132 Å². The summed E-state index contributed by atoms with van der Waals surface area (Å²) in [6.45, 7) is 15.0. The summed E-state index contributed by atoms with van der Waals surface area (Å²) in [4.78, 5) is 88.8. The Balaban J connectivity index is 0.543. The maximum Gasteiger partial charge on any atom is 0.272 e. The normalized spacial score (nSPS) is 19.1. The lowest BCUT2D eigenvalue weighted by Crippen LogP contribution is -2.55. The second kappa shape index (κ2) is 26.4. The number of aromatic nitrogens is 4. The highest BCUT2D eigenvalue weighted by molar-refractivity contribution is 5.95. The number of ether oxygens (including phenoxy) is 2. The summed E-state index contributed by atoms with van der Waals surface area (Å²) in [5.41, 5.74) is 4.82. The van der Waals surface area contributed by atoms with E-state index in [1.807, 2.05) is 46.3 Å². The average molecular weight is 1070 g/mol. The SMILES string of the molecule is O=C(NCCOCCOCCN1CCC(CN2CCN(CC(=O)N3CCN(C(=O)c4cc(Cc5n[nH]c(=O)c6ccccc56)ccc4F)CC3)CC2)CC1)c1cccc([C@H]2CCCN(C(=O)CN3Cc4cncnc4C3)C2)c1. The molecule has 20 heteroatoms. The van der Waals surface area contributed by atoms with Crippen molar-refractivity contribution in [3.05, 3.63) is 135 Å². The van der Waals surface area contributed by atoms with Gasteiger partial charge in [0.1, 0.15) is 12.1 Å². The molecule has 5 aliphatic heterocycles. The van der Waals surface area contributed by atoms with E-state index >= 15 is 4.39 Å². The highest BCUT2D eigenvalue weighted by atomic mass is 19.1. The number of nitrogens with one attached hydrogen (secondary N) is 2. The van der Waals surface area contributed by atoms with Gasteiger partial charge in [-0.05, 0) is 86.1 Å². The zero-order chi connectivity index (χ0) is 53.8. The largest absolute Gasteiger partial charge is 0.378 e. The van der Waals surface area contributed by atoms with E-state index < -0.39 is 11.7 Å². The predicted octanol–water partition coefficient (Wildman–Crippen LogP) is 3.24. The molecule has 10 rings (SSSR count). The topological polar surface area (TPSA) is 193 Å². The van der Waals surface area contributed by atoms with Crippen LogP contribution in [-0.2, 0) is 38.6 Å². The fourth-order valence-electron chi connectivity index (χ4n) is 11.7. The molecule has 3 aromatic carbocycles. The van der Waals surface area contributed by atoms with Crippen molar-refractivity contribution in [1.82, 2.24) is 59.8 Å². The molecule has 19 nitrogen and oxygen atoms in total. The minimum Gasteiger partial charge on any atom is -0.378 e. The Morgan fingerprint density at radius 1 is 0.705 bits per heavy atom. The third kappa shape index (κ3) is 14.2. The first-order valence-electron chi connectivity index (χ1n) is 27.9. The number of aromatic amines is 1. The molecule has 0 spiro atoms. The lowest BCUT2D eigenvalue weighted by Gasteiger charge is -2.40. The number of carbonyl (C=O) groups is 4. The van der Waals surface area contributed by atoms with Crippen molar-refractivity contribution in [2.24, 2.45) is 5.92 Å². The van der Waals surface area contributed by atoms with E-state index in [0.717, 1.165) is 101 Å². The number of H-pyrrole nitrogens is 1. The van der Waals surface area contributed by atoms with Gasteiger partial charge < -0.3 is 39.3 Å². The standard InChI is InChI=1S/C58H73FN12O7/c59-51-11-10-43(32-52-48-8-1-2-9-49(48)57(75)64-63-52)31-50(51)58(76)70-24-22-69(23-25-70)54(72)39-67-20-18-66(19-21-67)35-42-12-16-65(17-13-42)26-28-78-30-29-77-27-14-61-56(74)45-6-3-5-44(33-45)46-7-4-15-71(37-46)55(73)40-68-36-47-34-60-41-62-53(47)38-68/h1-3,5-6,8-11,31,33-34,41-42,46H,4,7,12-30,32,35-40H2,(H,61,74)(H,64,75)/t46-/m0/s1. The summed E-state index contributed by atoms with van der Waals surface area (Å²) in [5, 5.41) is 11.0. The maximum atomic E-state index is 15.1. The third-order valence-electron chi connectivity index (χ3n) is 16.2. The van der Waals surface area contributed by atoms with E-state index in [1.165, 1.54) is 6.07 Å². The molecule has 78 heavy (non-hydrogen) atoms. The van der Waals surface area contributed by atoms with Crippen molar-refractivity contribution in [2.45, 2.75) is 51.1 Å². The number of piperidine rings is 2. The molecule has 4 fully saturated rings. The smallest absolute Gasteiger partial charge is 0.272 e. The molecule has 0 saturated carbocycles. The molecule has 2 N–H and O–H groups in total. The Labute approximate surface area is 455 Å². The Morgan fingerprint density at radius 3 is 2.26 bits per heavy atom. The first-order valence-corrected chi connectivity index (χ1v) is 27.9. The van der Waals surface area contributed by atoms with E-state index in [1.54, 1.807) is 35.5 Å². The lowest BCUT2D eigenvalue weighted by molar-refractivity contribution is -0.134. The zero-order valence-corrected chi connectivity index (χ0v) is 44.7. The van der Waals surface area contributed by atoms with Crippen LogP contribution >= 0.6 is 0 Å². The Kier molecular flexibility index (Phi) is 18.5. The van der Waals surface area contributed by atoms with Crippen LogP contribution in [0, 0.1) is 11.7 Å². The van der Waals surface area contributed by atoms with Gasteiger partial charge in [-0.3, -0.25) is 33.8 Å². The number of fused-ring (bicyclic) bond motifs is 2. The molecule has 0 radical (unpaired) electrons. The van der Waals surface area contributed by atoms with E-state index in [2.05, 4.69) is 51.1 Å². The van der Waals surface area contributed by atoms with Gasteiger partial charge in [-0.15, -0.1) is 0 Å². The molecular weight excluding hydrogens is 996 g/mol. The van der Waals surface area contributed by atoms with Crippen LogP contribution in [0.2, 0.25) is 0 Å². The highest BCUT2D eigenvalue weighted by Crippen LogP contribution is 2.29. The van der Waals surface area contributed by atoms with E-state index in [9.17, 15) is 24.0 Å². The minimum atomic E-state index is -0.596. The molecule has 5 aliphatic rings. The summed E-state index contributed by atoms with van der Waals surface area (Å²) in [7, 11) is 0. The van der Waals surface area contributed by atoms with Crippen LogP contribution in [0.4, 0.5) is 4.39 Å². The van der Waals surface area contributed by atoms with Gasteiger partial charge in [0.15, 0.2) is 0 Å². The van der Waals surface area contributed by atoms with Crippen LogP contribution in [0.1, 0.15) is 80.4 Å². The fourth-order valence-corrected chi connectivity index (χ4v) is 11.7. The summed E-state index contributed by atoms with van der Waals surface area (Å²) in [6, 6.07) is 19.5. The summed E-state index contributed by atoms with van der Waals surface area (Å²) >= 11 is 0. The number of hydrogen-bond donors (Lipinski definition) is 2. The monoisotopic (exact) mass is 1070 g/mol. The van der Waals surface area contributed by atoms with Gasteiger partial charge >= 0.3 is 0 Å². The quantitative estimate of drug-likeness (QED) is 0.108.